The van der Waals surface area contributed by atoms with Gasteiger partial charge in [-0.2, -0.15) is 9.78 Å². The third-order valence-corrected chi connectivity index (χ3v) is 4.32. The Bertz CT molecular complexity index is 1330. The fraction of sp³-hybridized carbons (Fsp3) is 0.0556. The van der Waals surface area contributed by atoms with Gasteiger partial charge in [0.2, 0.25) is 11.6 Å². The Morgan fingerprint density at radius 1 is 1.28 bits per heavy atom. The minimum atomic E-state index is -0.712. The van der Waals surface area contributed by atoms with Gasteiger partial charge in [0.05, 0.1) is 10.6 Å². The first-order chi connectivity index (χ1) is 15.5. The van der Waals surface area contributed by atoms with Crippen molar-refractivity contribution in [2.45, 2.75) is 6.92 Å². The molecule has 0 spiro atoms. The summed E-state index contributed by atoms with van der Waals surface area (Å²) in [6.07, 6.45) is 3.21. The molecule has 0 atom stereocenters. The number of nitro groups is 1. The van der Waals surface area contributed by atoms with E-state index in [1.807, 2.05) is 0 Å². The zero-order valence-corrected chi connectivity index (χ0v) is 16.4. The number of rotatable bonds is 6. The van der Waals surface area contributed by atoms with E-state index in [1.165, 1.54) is 18.2 Å². The number of carbonyl (C=O) groups excluding carboxylic acids is 1. The van der Waals surface area contributed by atoms with Gasteiger partial charge in [-0.15, -0.1) is 5.10 Å². The lowest BCUT2D eigenvalue weighted by molar-refractivity contribution is -0.384. The maximum absolute atomic E-state index is 12.9. The average molecular weight is 434 g/mol. The number of aromatic nitrogens is 6. The molecule has 0 bridgehead atoms. The number of hydrogen-bond donors (Lipinski definition) is 2. The van der Waals surface area contributed by atoms with Crippen LogP contribution in [0.2, 0.25) is 0 Å². The van der Waals surface area contributed by atoms with Gasteiger partial charge >= 0.3 is 0 Å². The molecular weight excluding hydrogens is 420 g/mol. The predicted molar refractivity (Wildman–Crippen MR) is 110 cm³/mol. The number of nitrogen functional groups attached to an aromatic ring is 1. The van der Waals surface area contributed by atoms with E-state index in [4.69, 9.17) is 5.73 Å². The number of benzene rings is 1. The van der Waals surface area contributed by atoms with Crippen LogP contribution in [0.4, 0.5) is 11.5 Å². The first-order valence-electron chi connectivity index (χ1n) is 8.99. The smallest absolute Gasteiger partial charge is 0.294 e. The minimum absolute atomic E-state index is 0.0342. The molecule has 3 aromatic heterocycles. The summed E-state index contributed by atoms with van der Waals surface area (Å²) in [6.45, 7) is 1.69. The Labute approximate surface area is 178 Å². The molecule has 4 aromatic rings. The highest BCUT2D eigenvalue weighted by Gasteiger charge is 2.26. The number of pyridine rings is 1. The standard InChI is InChI=1S/C18H14N10O4/c1-10(12-5-3-7-20-9-12)21-23-18(29)14-15(11-4-2-6-13(8-11)28(30)31)27(26-22-14)17-16(19)24-32-25-17/h2-9H,1H3,(H2,19,24)(H,23,29)/b21-10+. The lowest BCUT2D eigenvalue weighted by Crippen LogP contribution is -2.21. The summed E-state index contributed by atoms with van der Waals surface area (Å²) in [6, 6.07) is 9.10. The molecule has 0 saturated heterocycles. The van der Waals surface area contributed by atoms with Crippen LogP contribution in [0.5, 0.6) is 0 Å². The molecule has 0 fully saturated rings. The van der Waals surface area contributed by atoms with Crippen molar-refractivity contribution in [3.63, 3.8) is 0 Å². The Balaban J connectivity index is 1.77. The van der Waals surface area contributed by atoms with Gasteiger partial charge in [-0.1, -0.05) is 23.4 Å². The van der Waals surface area contributed by atoms with Crippen LogP contribution in [0, 0.1) is 10.1 Å². The molecule has 4 rings (SSSR count). The Kier molecular flexibility index (Phi) is 5.31. The van der Waals surface area contributed by atoms with E-state index in [-0.39, 0.29) is 34.3 Å². The minimum Gasteiger partial charge on any atom is -0.378 e. The summed E-state index contributed by atoms with van der Waals surface area (Å²) in [5.41, 5.74) is 9.35. The topological polar surface area (TPSA) is 193 Å². The molecule has 0 aliphatic carbocycles. The number of nitro benzene ring substituents is 1. The van der Waals surface area contributed by atoms with Crippen molar-refractivity contribution in [1.29, 1.82) is 0 Å². The predicted octanol–water partition coefficient (Wildman–Crippen LogP) is 1.36. The summed E-state index contributed by atoms with van der Waals surface area (Å²) in [4.78, 5) is 27.6. The number of anilines is 1. The van der Waals surface area contributed by atoms with E-state index < -0.39 is 10.8 Å². The van der Waals surface area contributed by atoms with Gasteiger partial charge in [-0.3, -0.25) is 19.9 Å². The number of hydrazone groups is 1. The molecule has 14 heteroatoms. The van der Waals surface area contributed by atoms with Crippen LogP contribution in [0.25, 0.3) is 17.1 Å². The number of nitrogens with two attached hydrogens (primary N) is 1. The number of nitrogens with zero attached hydrogens (tertiary/aromatic N) is 8. The second-order valence-electron chi connectivity index (χ2n) is 6.36. The molecule has 160 valence electrons. The van der Waals surface area contributed by atoms with Crippen LogP contribution < -0.4 is 11.2 Å². The first kappa shape index (κ1) is 20.3. The maximum atomic E-state index is 12.9. The quantitative estimate of drug-likeness (QED) is 0.254. The van der Waals surface area contributed by atoms with Gasteiger partial charge in [0.15, 0.2) is 5.69 Å². The van der Waals surface area contributed by atoms with E-state index in [1.54, 1.807) is 37.5 Å². The molecule has 0 radical (unpaired) electrons. The maximum Gasteiger partial charge on any atom is 0.294 e. The van der Waals surface area contributed by atoms with Crippen molar-refractivity contribution < 1.29 is 14.3 Å². The summed E-state index contributed by atoms with van der Waals surface area (Å²) in [5.74, 6) is -0.858. The first-order valence-corrected chi connectivity index (χ1v) is 8.99. The number of non-ortho nitro benzene ring substituents is 1. The lowest BCUT2D eigenvalue weighted by Gasteiger charge is -2.06. The van der Waals surface area contributed by atoms with Crippen molar-refractivity contribution in [1.82, 2.24) is 35.7 Å². The van der Waals surface area contributed by atoms with E-state index in [9.17, 15) is 14.9 Å². The zero-order chi connectivity index (χ0) is 22.7. The number of amides is 1. The Hall–Kier alpha value is -5.01. The van der Waals surface area contributed by atoms with Gasteiger partial charge in [0.1, 0.15) is 5.69 Å². The number of carbonyl (C=O) groups is 1. The summed E-state index contributed by atoms with van der Waals surface area (Å²) in [7, 11) is 0. The van der Waals surface area contributed by atoms with E-state index >= 15 is 0 Å². The normalized spacial score (nSPS) is 11.3. The van der Waals surface area contributed by atoms with Crippen LogP contribution in [-0.4, -0.2) is 46.8 Å². The largest absolute Gasteiger partial charge is 0.378 e. The summed E-state index contributed by atoms with van der Waals surface area (Å²) < 4.78 is 5.71. The fourth-order valence-corrected chi connectivity index (χ4v) is 2.78. The van der Waals surface area contributed by atoms with Crippen molar-refractivity contribution in [3.8, 4) is 17.1 Å². The molecule has 0 aliphatic rings. The van der Waals surface area contributed by atoms with E-state index in [2.05, 4.69) is 40.8 Å². The molecule has 3 heterocycles. The molecule has 0 unspecified atom stereocenters. The molecular formula is C18H14N10O4. The SMILES string of the molecule is C/C(=N\NC(=O)c1nnn(-c2nonc2N)c1-c1cccc([N+](=O)[O-])c1)c1cccnc1. The monoisotopic (exact) mass is 434 g/mol. The Morgan fingerprint density at radius 2 is 2.12 bits per heavy atom. The second kappa shape index (κ2) is 8.39. The zero-order valence-electron chi connectivity index (χ0n) is 16.4. The van der Waals surface area contributed by atoms with E-state index in [0.29, 0.717) is 11.3 Å². The third-order valence-electron chi connectivity index (χ3n) is 4.32. The van der Waals surface area contributed by atoms with Gasteiger partial charge in [-0.05, 0) is 23.3 Å². The third kappa shape index (κ3) is 3.87. The van der Waals surface area contributed by atoms with Crippen molar-refractivity contribution in [2.75, 3.05) is 5.73 Å². The lowest BCUT2D eigenvalue weighted by atomic mass is 10.1. The highest BCUT2D eigenvalue weighted by Crippen LogP contribution is 2.29. The molecule has 0 saturated carbocycles. The van der Waals surface area contributed by atoms with Gasteiger partial charge in [0.25, 0.3) is 11.6 Å². The average Bonchev–Trinajstić information content (AvgIpc) is 3.43. The molecule has 1 amide bonds. The van der Waals surface area contributed by atoms with Crippen LogP contribution in [0.1, 0.15) is 23.0 Å². The Morgan fingerprint density at radius 3 is 2.81 bits per heavy atom. The van der Waals surface area contributed by atoms with Gasteiger partial charge in [0, 0.05) is 35.7 Å². The number of nitrogens with one attached hydrogen (secondary N) is 1. The summed E-state index contributed by atoms with van der Waals surface area (Å²) >= 11 is 0. The van der Waals surface area contributed by atoms with Crippen LogP contribution in [-0.2, 0) is 0 Å². The second-order valence-corrected chi connectivity index (χ2v) is 6.36. The van der Waals surface area contributed by atoms with Crippen LogP contribution in [0.3, 0.4) is 0 Å². The summed E-state index contributed by atoms with van der Waals surface area (Å²) in [5, 5.41) is 30.3. The van der Waals surface area contributed by atoms with E-state index in [0.717, 1.165) is 4.68 Å². The molecule has 32 heavy (non-hydrogen) atoms. The highest BCUT2D eigenvalue weighted by molar-refractivity contribution is 6.02. The fourth-order valence-electron chi connectivity index (χ4n) is 2.78. The van der Waals surface area contributed by atoms with Crippen molar-refractivity contribution in [3.05, 3.63) is 70.2 Å². The highest BCUT2D eigenvalue weighted by atomic mass is 16.6. The number of hydrogen-bond acceptors (Lipinski definition) is 11. The van der Waals surface area contributed by atoms with Crippen LogP contribution >= 0.6 is 0 Å². The van der Waals surface area contributed by atoms with Crippen molar-refractivity contribution in [2.24, 2.45) is 5.10 Å². The van der Waals surface area contributed by atoms with Crippen LogP contribution in [0.15, 0.2) is 58.5 Å². The van der Waals surface area contributed by atoms with Gasteiger partial charge in [-0.25, -0.2) is 10.1 Å². The molecule has 3 N–H and O–H groups in total. The molecule has 14 nitrogen and oxygen atoms in total. The molecule has 1 aromatic carbocycles. The van der Waals surface area contributed by atoms with Gasteiger partial charge < -0.3 is 5.73 Å². The van der Waals surface area contributed by atoms with Crippen molar-refractivity contribution >= 4 is 23.1 Å². The molecule has 0 aliphatic heterocycles.